The van der Waals surface area contributed by atoms with E-state index >= 15 is 0 Å². The van der Waals surface area contributed by atoms with Crippen molar-refractivity contribution < 1.29 is 44.8 Å². The smallest absolute Gasteiger partial charge is 0.186 e. The van der Waals surface area contributed by atoms with Gasteiger partial charge in [-0.05, 0) is 95.3 Å². The molecule has 10 heteroatoms. The number of hydrogen-bond acceptors (Lipinski definition) is 10. The molecule has 3 fully saturated rings. The maximum Gasteiger partial charge on any atom is 0.186 e. The van der Waals surface area contributed by atoms with Gasteiger partial charge in [-0.15, -0.1) is 0 Å². The highest BCUT2D eigenvalue weighted by molar-refractivity contribution is 5.60. The molecule has 0 aromatic carbocycles. The van der Waals surface area contributed by atoms with E-state index in [9.17, 15) is 30.6 Å². The van der Waals surface area contributed by atoms with E-state index in [0.29, 0.717) is 37.4 Å². The van der Waals surface area contributed by atoms with Crippen LogP contribution in [0.4, 0.5) is 0 Å². The number of hydrogen-bond donors (Lipinski definition) is 6. The van der Waals surface area contributed by atoms with Crippen molar-refractivity contribution in [3.05, 3.63) is 11.8 Å². The molecule has 6 N–H and O–H groups in total. The maximum absolute atomic E-state index is 10.6. The average molecular weight is 598 g/mol. The van der Waals surface area contributed by atoms with Gasteiger partial charge >= 0.3 is 0 Å². The summed E-state index contributed by atoms with van der Waals surface area (Å²) in [4.78, 5) is 4.66. The van der Waals surface area contributed by atoms with E-state index in [1.807, 2.05) is 13.1 Å². The third kappa shape index (κ3) is 7.82. The summed E-state index contributed by atoms with van der Waals surface area (Å²) < 4.78 is 17.7. The Morgan fingerprint density at radius 1 is 1.12 bits per heavy atom. The molecule has 42 heavy (non-hydrogen) atoms. The van der Waals surface area contributed by atoms with Crippen LogP contribution in [0.2, 0.25) is 0 Å². The topological polar surface area (TPSA) is 161 Å². The quantitative estimate of drug-likeness (QED) is 0.167. The minimum absolute atomic E-state index is 0.130. The lowest BCUT2D eigenvalue weighted by atomic mass is 9.66. The van der Waals surface area contributed by atoms with Gasteiger partial charge in [0.1, 0.15) is 0 Å². The number of aliphatic imine (C=N–C) groups is 1. The fourth-order valence-corrected chi connectivity index (χ4v) is 7.73. The van der Waals surface area contributed by atoms with Crippen LogP contribution < -0.4 is 0 Å². The molecule has 2 aliphatic heterocycles. The van der Waals surface area contributed by atoms with Crippen LogP contribution in [0.1, 0.15) is 86.0 Å². The number of nitrogens with zero attached hydrogens (tertiary/aromatic N) is 1. The fraction of sp³-hybridized carbons (Fsp3) is 0.906. The Labute approximate surface area is 250 Å². The van der Waals surface area contributed by atoms with Crippen LogP contribution in [-0.4, -0.2) is 98.8 Å². The molecular weight excluding hydrogens is 542 g/mol. The summed E-state index contributed by atoms with van der Waals surface area (Å²) in [5, 5.41) is 60.5. The van der Waals surface area contributed by atoms with Crippen molar-refractivity contribution >= 4 is 6.21 Å². The molecule has 2 saturated carbocycles. The summed E-state index contributed by atoms with van der Waals surface area (Å²) in [6, 6.07) is 0. The summed E-state index contributed by atoms with van der Waals surface area (Å²) in [6.45, 7) is 10.6. The SMILES string of the molecule is CC(O)CC1CC(O)C1CCC1CC=NC(COC(C)(C)CC(C)(C)CCOC2OC3(O)C(CO)C(O)C(O)C23)=CC1. The molecule has 0 amide bonds. The van der Waals surface area contributed by atoms with Crippen LogP contribution in [0.15, 0.2) is 16.8 Å². The Bertz CT molecular complexity index is 952. The van der Waals surface area contributed by atoms with Gasteiger partial charge in [0.2, 0.25) is 0 Å². The van der Waals surface area contributed by atoms with Gasteiger partial charge in [0.05, 0.1) is 67.4 Å². The monoisotopic (exact) mass is 597 g/mol. The van der Waals surface area contributed by atoms with Crippen molar-refractivity contribution in [3.8, 4) is 0 Å². The van der Waals surface area contributed by atoms with Gasteiger partial charge in [0, 0.05) is 6.21 Å². The molecule has 0 radical (unpaired) electrons. The molecule has 0 bridgehead atoms. The van der Waals surface area contributed by atoms with Gasteiger partial charge in [-0.2, -0.15) is 0 Å². The normalized spacial score (nSPS) is 39.2. The van der Waals surface area contributed by atoms with Crippen LogP contribution >= 0.6 is 0 Å². The molecule has 4 rings (SSSR count). The van der Waals surface area contributed by atoms with E-state index in [4.69, 9.17) is 14.2 Å². The molecule has 242 valence electrons. The first-order chi connectivity index (χ1) is 19.7. The maximum atomic E-state index is 10.6. The standard InChI is InChI=1S/C32H55NO9/c1-19(35)14-21-15-25(36)23(21)9-7-20-6-8-22(33-12-10-20)17-41-31(4,5)18-30(2,3)11-13-40-29-26-28(38)27(37)24(16-34)32(26,39)42-29/h8,12,19-21,23-29,34-39H,6-7,9-11,13-18H2,1-5H3. The number of fused-ring (bicyclic) bond motifs is 1. The lowest BCUT2D eigenvalue weighted by Gasteiger charge is -2.49. The minimum atomic E-state index is -1.76. The average Bonchev–Trinajstić information content (AvgIpc) is 3.03. The van der Waals surface area contributed by atoms with Crippen molar-refractivity contribution in [2.75, 3.05) is 19.8 Å². The number of allylic oxidation sites excluding steroid dienone is 1. The second-order valence-corrected chi connectivity index (χ2v) is 14.8. The van der Waals surface area contributed by atoms with Crippen molar-refractivity contribution in [2.24, 2.45) is 40.0 Å². The molecule has 2 heterocycles. The van der Waals surface area contributed by atoms with Gasteiger partial charge in [0.25, 0.3) is 0 Å². The lowest BCUT2D eigenvalue weighted by molar-refractivity contribution is -0.439. The van der Waals surface area contributed by atoms with E-state index in [2.05, 4.69) is 38.8 Å². The Balaban J connectivity index is 1.17. The van der Waals surface area contributed by atoms with E-state index in [1.165, 1.54) is 0 Å². The van der Waals surface area contributed by atoms with Crippen LogP contribution in [-0.2, 0) is 14.2 Å². The Morgan fingerprint density at radius 3 is 2.52 bits per heavy atom. The molecule has 1 saturated heterocycles. The highest BCUT2D eigenvalue weighted by Crippen LogP contribution is 2.53. The van der Waals surface area contributed by atoms with Gasteiger partial charge < -0.3 is 44.8 Å². The fourth-order valence-electron chi connectivity index (χ4n) is 7.73. The Morgan fingerprint density at radius 2 is 1.86 bits per heavy atom. The summed E-state index contributed by atoms with van der Waals surface area (Å²) in [7, 11) is 0. The number of rotatable bonds is 15. The zero-order chi connectivity index (χ0) is 30.9. The number of aliphatic hydroxyl groups is 6. The molecule has 0 spiro atoms. The van der Waals surface area contributed by atoms with Crippen LogP contribution in [0.5, 0.6) is 0 Å². The van der Waals surface area contributed by atoms with Crippen LogP contribution in [0, 0.1) is 35.0 Å². The Kier molecular flexibility index (Phi) is 11.0. The zero-order valence-corrected chi connectivity index (χ0v) is 26.1. The van der Waals surface area contributed by atoms with Gasteiger partial charge in [0.15, 0.2) is 12.1 Å². The first-order valence-electron chi connectivity index (χ1n) is 15.9. The number of aliphatic hydroxyl groups excluding tert-OH is 5. The summed E-state index contributed by atoms with van der Waals surface area (Å²) in [5.41, 5.74) is 0.406. The van der Waals surface area contributed by atoms with E-state index in [0.717, 1.165) is 50.6 Å². The lowest BCUT2D eigenvalue weighted by Crippen LogP contribution is -2.63. The summed E-state index contributed by atoms with van der Waals surface area (Å²) in [5.74, 6) is -2.29. The third-order valence-electron chi connectivity index (χ3n) is 10.1. The minimum Gasteiger partial charge on any atom is -0.396 e. The molecule has 10 nitrogen and oxygen atoms in total. The molecule has 2 aliphatic carbocycles. The van der Waals surface area contributed by atoms with Crippen molar-refractivity contribution in [2.45, 2.75) is 128 Å². The van der Waals surface area contributed by atoms with Crippen LogP contribution in [0.25, 0.3) is 0 Å². The van der Waals surface area contributed by atoms with E-state index in [-0.39, 0.29) is 17.6 Å². The first kappa shape index (κ1) is 33.9. The summed E-state index contributed by atoms with van der Waals surface area (Å²) >= 11 is 0. The highest BCUT2D eigenvalue weighted by atomic mass is 16.8. The van der Waals surface area contributed by atoms with Crippen molar-refractivity contribution in [1.82, 2.24) is 0 Å². The van der Waals surface area contributed by atoms with Crippen molar-refractivity contribution in [3.63, 3.8) is 0 Å². The third-order valence-corrected chi connectivity index (χ3v) is 10.1. The Hall–Kier alpha value is -0.950. The molecular formula is C32H55NO9. The molecule has 0 aromatic rings. The van der Waals surface area contributed by atoms with Crippen LogP contribution in [0.3, 0.4) is 0 Å². The van der Waals surface area contributed by atoms with Crippen molar-refractivity contribution in [1.29, 1.82) is 0 Å². The summed E-state index contributed by atoms with van der Waals surface area (Å²) in [6.07, 6.45) is 7.27. The predicted molar refractivity (Wildman–Crippen MR) is 157 cm³/mol. The molecule has 4 aliphatic rings. The second kappa shape index (κ2) is 13.6. The van der Waals surface area contributed by atoms with Gasteiger partial charge in [-0.1, -0.05) is 19.9 Å². The second-order valence-electron chi connectivity index (χ2n) is 14.8. The molecule has 11 atom stereocenters. The molecule has 0 aromatic heterocycles. The van der Waals surface area contributed by atoms with E-state index in [1.54, 1.807) is 0 Å². The largest absolute Gasteiger partial charge is 0.396 e. The van der Waals surface area contributed by atoms with Gasteiger partial charge in [-0.3, -0.25) is 4.99 Å². The highest BCUT2D eigenvalue weighted by Gasteiger charge is 2.71. The molecule has 11 unspecified atom stereocenters. The zero-order valence-electron chi connectivity index (χ0n) is 26.1. The first-order valence-corrected chi connectivity index (χ1v) is 15.9. The van der Waals surface area contributed by atoms with E-state index < -0.39 is 48.3 Å². The number of ether oxygens (including phenoxy) is 3. The predicted octanol–water partition coefficient (Wildman–Crippen LogP) is 2.52. The van der Waals surface area contributed by atoms with Gasteiger partial charge in [-0.25, -0.2) is 0 Å².